The lowest BCUT2D eigenvalue weighted by atomic mass is 9.99. The zero-order valence-electron chi connectivity index (χ0n) is 10.4. The normalized spacial score (nSPS) is 16.9. The summed E-state index contributed by atoms with van der Waals surface area (Å²) >= 11 is 3.40. The van der Waals surface area contributed by atoms with Gasteiger partial charge in [-0.3, -0.25) is 4.79 Å². The quantitative estimate of drug-likeness (QED) is 0.901. The van der Waals surface area contributed by atoms with Crippen LogP contribution in [0.15, 0.2) is 28.7 Å². The molecular formula is C13H18BrClN2O. The number of nitrogens with zero attached hydrogens (tertiary/aromatic N) is 1. The Balaban J connectivity index is 0.00000162. The molecule has 1 N–H and O–H groups in total. The van der Waals surface area contributed by atoms with Crippen LogP contribution in [0.2, 0.25) is 0 Å². The number of carbonyl (C=O) groups excluding carboxylic acids is 1. The molecule has 1 saturated heterocycles. The van der Waals surface area contributed by atoms with Gasteiger partial charge in [-0.05, 0) is 24.6 Å². The molecule has 1 atom stereocenters. The molecule has 0 aromatic heterocycles. The van der Waals surface area contributed by atoms with Gasteiger partial charge in [0.1, 0.15) is 0 Å². The molecule has 0 saturated carbocycles. The highest BCUT2D eigenvalue weighted by atomic mass is 79.9. The summed E-state index contributed by atoms with van der Waals surface area (Å²) in [5.41, 5.74) is 1.08. The van der Waals surface area contributed by atoms with E-state index >= 15 is 0 Å². The summed E-state index contributed by atoms with van der Waals surface area (Å²) in [6.45, 7) is 5.42. The van der Waals surface area contributed by atoms with Crippen LogP contribution < -0.4 is 5.32 Å². The van der Waals surface area contributed by atoms with E-state index in [1.54, 1.807) is 0 Å². The topological polar surface area (TPSA) is 32.3 Å². The second-order valence-corrected chi connectivity index (χ2v) is 5.26. The van der Waals surface area contributed by atoms with Crippen LogP contribution in [0.3, 0.4) is 0 Å². The second kappa shape index (κ2) is 7.12. The van der Waals surface area contributed by atoms with E-state index in [2.05, 4.69) is 21.2 Å². The summed E-state index contributed by atoms with van der Waals surface area (Å²) in [6, 6.07) is 7.98. The summed E-state index contributed by atoms with van der Waals surface area (Å²) in [5.74, 6) is 0.176. The highest BCUT2D eigenvalue weighted by Crippen LogP contribution is 2.20. The Morgan fingerprint density at radius 3 is 2.39 bits per heavy atom. The van der Waals surface area contributed by atoms with E-state index in [0.717, 1.165) is 36.2 Å². The van der Waals surface area contributed by atoms with E-state index in [4.69, 9.17) is 0 Å². The molecule has 1 fully saturated rings. The number of amides is 1. The Morgan fingerprint density at radius 2 is 1.83 bits per heavy atom. The SMILES string of the molecule is CC(C(=O)N1CCNCC1)c1ccc(Br)cc1.Cl. The third-order valence-electron chi connectivity index (χ3n) is 3.17. The lowest BCUT2D eigenvalue weighted by Gasteiger charge is -2.30. The molecule has 1 aromatic carbocycles. The number of hydrogen-bond donors (Lipinski definition) is 1. The van der Waals surface area contributed by atoms with Crippen molar-refractivity contribution in [1.82, 2.24) is 10.2 Å². The van der Waals surface area contributed by atoms with Crippen molar-refractivity contribution in [3.8, 4) is 0 Å². The molecule has 5 heteroatoms. The van der Waals surface area contributed by atoms with Crippen molar-refractivity contribution in [2.75, 3.05) is 26.2 Å². The Morgan fingerprint density at radius 1 is 1.28 bits per heavy atom. The maximum Gasteiger partial charge on any atom is 0.229 e. The Labute approximate surface area is 122 Å². The Bertz CT molecular complexity index is 390. The minimum absolute atomic E-state index is 0. The van der Waals surface area contributed by atoms with Crippen LogP contribution in [0.4, 0.5) is 0 Å². The van der Waals surface area contributed by atoms with Gasteiger partial charge >= 0.3 is 0 Å². The smallest absolute Gasteiger partial charge is 0.229 e. The minimum atomic E-state index is -0.0544. The van der Waals surface area contributed by atoms with Crippen molar-refractivity contribution in [3.05, 3.63) is 34.3 Å². The van der Waals surface area contributed by atoms with Gasteiger partial charge in [0.05, 0.1) is 5.92 Å². The van der Waals surface area contributed by atoms with Crippen LogP contribution in [0.25, 0.3) is 0 Å². The van der Waals surface area contributed by atoms with Gasteiger partial charge in [-0.1, -0.05) is 28.1 Å². The number of piperazine rings is 1. The minimum Gasteiger partial charge on any atom is -0.340 e. The molecule has 18 heavy (non-hydrogen) atoms. The summed E-state index contributed by atoms with van der Waals surface area (Å²) in [5, 5.41) is 3.26. The molecule has 0 radical (unpaired) electrons. The first-order chi connectivity index (χ1) is 8.18. The highest BCUT2D eigenvalue weighted by Gasteiger charge is 2.22. The van der Waals surface area contributed by atoms with E-state index in [-0.39, 0.29) is 24.2 Å². The third kappa shape index (κ3) is 3.70. The van der Waals surface area contributed by atoms with Gasteiger partial charge in [-0.2, -0.15) is 0 Å². The molecule has 1 unspecified atom stereocenters. The molecule has 1 aliphatic heterocycles. The molecule has 1 aliphatic rings. The fourth-order valence-corrected chi connectivity index (χ4v) is 2.32. The number of halogens is 2. The van der Waals surface area contributed by atoms with Gasteiger partial charge in [-0.15, -0.1) is 12.4 Å². The first-order valence-electron chi connectivity index (χ1n) is 5.93. The summed E-state index contributed by atoms with van der Waals surface area (Å²) in [7, 11) is 0. The summed E-state index contributed by atoms with van der Waals surface area (Å²) in [6.07, 6.45) is 0. The van der Waals surface area contributed by atoms with E-state index in [1.807, 2.05) is 36.1 Å². The lowest BCUT2D eigenvalue weighted by molar-refractivity contribution is -0.133. The first kappa shape index (κ1) is 15.5. The van der Waals surface area contributed by atoms with E-state index < -0.39 is 0 Å². The van der Waals surface area contributed by atoms with Gasteiger partial charge < -0.3 is 10.2 Å². The average Bonchev–Trinajstić information content (AvgIpc) is 2.39. The molecule has 100 valence electrons. The van der Waals surface area contributed by atoms with Crippen molar-refractivity contribution >= 4 is 34.2 Å². The van der Waals surface area contributed by atoms with Crippen LogP contribution in [0, 0.1) is 0 Å². The molecule has 2 rings (SSSR count). The van der Waals surface area contributed by atoms with Crippen molar-refractivity contribution in [1.29, 1.82) is 0 Å². The largest absolute Gasteiger partial charge is 0.340 e. The van der Waals surface area contributed by atoms with Crippen molar-refractivity contribution in [2.24, 2.45) is 0 Å². The van der Waals surface area contributed by atoms with Crippen molar-refractivity contribution in [2.45, 2.75) is 12.8 Å². The predicted octanol–water partition coefficient (Wildman–Crippen LogP) is 2.41. The molecule has 0 spiro atoms. The lowest BCUT2D eigenvalue weighted by Crippen LogP contribution is -2.47. The van der Waals surface area contributed by atoms with Gasteiger partial charge in [-0.25, -0.2) is 0 Å². The standard InChI is InChI=1S/C13H17BrN2O.ClH/c1-10(11-2-4-12(14)5-3-11)13(17)16-8-6-15-7-9-16;/h2-5,10,15H,6-9H2,1H3;1H. The maximum absolute atomic E-state index is 12.3. The predicted molar refractivity (Wildman–Crippen MR) is 79.3 cm³/mol. The summed E-state index contributed by atoms with van der Waals surface area (Å²) < 4.78 is 1.04. The Hall–Kier alpha value is -0.580. The number of hydrogen-bond acceptors (Lipinski definition) is 2. The second-order valence-electron chi connectivity index (χ2n) is 4.35. The Kier molecular flexibility index (Phi) is 6.12. The zero-order chi connectivity index (χ0) is 12.3. The number of rotatable bonds is 2. The number of carbonyl (C=O) groups is 1. The van der Waals surface area contributed by atoms with E-state index in [9.17, 15) is 4.79 Å². The fraction of sp³-hybridized carbons (Fsp3) is 0.462. The van der Waals surface area contributed by atoms with Gasteiger partial charge in [0, 0.05) is 30.7 Å². The maximum atomic E-state index is 12.3. The first-order valence-corrected chi connectivity index (χ1v) is 6.73. The van der Waals surface area contributed by atoms with Crippen molar-refractivity contribution in [3.63, 3.8) is 0 Å². The molecule has 1 aromatic rings. The fourth-order valence-electron chi connectivity index (χ4n) is 2.05. The monoisotopic (exact) mass is 332 g/mol. The van der Waals surface area contributed by atoms with Crippen LogP contribution in [0.5, 0.6) is 0 Å². The molecule has 3 nitrogen and oxygen atoms in total. The number of benzene rings is 1. The van der Waals surface area contributed by atoms with Gasteiger partial charge in [0.15, 0.2) is 0 Å². The molecular weight excluding hydrogens is 316 g/mol. The van der Waals surface area contributed by atoms with E-state index in [1.165, 1.54) is 0 Å². The van der Waals surface area contributed by atoms with E-state index in [0.29, 0.717) is 0 Å². The molecule has 0 aliphatic carbocycles. The third-order valence-corrected chi connectivity index (χ3v) is 3.70. The molecule has 0 bridgehead atoms. The molecule has 1 heterocycles. The highest BCUT2D eigenvalue weighted by molar-refractivity contribution is 9.10. The van der Waals surface area contributed by atoms with Gasteiger partial charge in [0.2, 0.25) is 5.91 Å². The van der Waals surface area contributed by atoms with Crippen molar-refractivity contribution < 1.29 is 4.79 Å². The average molecular weight is 334 g/mol. The number of nitrogens with one attached hydrogen (secondary N) is 1. The van der Waals surface area contributed by atoms with Crippen LogP contribution >= 0.6 is 28.3 Å². The van der Waals surface area contributed by atoms with Gasteiger partial charge in [0.25, 0.3) is 0 Å². The summed E-state index contributed by atoms with van der Waals surface area (Å²) in [4.78, 5) is 14.2. The van der Waals surface area contributed by atoms with Crippen LogP contribution in [0.1, 0.15) is 18.4 Å². The molecule has 1 amide bonds. The van der Waals surface area contributed by atoms with Crippen LogP contribution in [-0.2, 0) is 4.79 Å². The van der Waals surface area contributed by atoms with Crippen LogP contribution in [-0.4, -0.2) is 37.0 Å². The zero-order valence-corrected chi connectivity index (χ0v) is 12.8.